The summed E-state index contributed by atoms with van der Waals surface area (Å²) in [6.07, 6.45) is -4.96. The molecule has 0 saturated heterocycles. The largest absolute Gasteiger partial charge is 0.573 e. The molecular weight excluding hydrogens is 282 g/mol. The predicted molar refractivity (Wildman–Crippen MR) is 50.1 cm³/mol. The zero-order valence-corrected chi connectivity index (χ0v) is 8.82. The SMILES string of the molecule is Nc1c(CBr)ccc(F)c1OC(F)(F)F. The summed E-state index contributed by atoms with van der Waals surface area (Å²) in [6.45, 7) is 0. The van der Waals surface area contributed by atoms with Gasteiger partial charge in [-0.2, -0.15) is 0 Å². The molecule has 0 atom stereocenters. The first-order valence-corrected chi connectivity index (χ1v) is 4.86. The van der Waals surface area contributed by atoms with Gasteiger partial charge in [-0.1, -0.05) is 22.0 Å². The molecule has 7 heteroatoms. The van der Waals surface area contributed by atoms with Crippen LogP contribution in [0.25, 0.3) is 0 Å². The van der Waals surface area contributed by atoms with Gasteiger partial charge in [-0.25, -0.2) is 4.39 Å². The van der Waals surface area contributed by atoms with Gasteiger partial charge in [0.05, 0.1) is 5.69 Å². The monoisotopic (exact) mass is 287 g/mol. The first kappa shape index (κ1) is 12.1. The van der Waals surface area contributed by atoms with Crippen LogP contribution in [0.4, 0.5) is 23.2 Å². The third-order valence-corrected chi connectivity index (χ3v) is 2.20. The summed E-state index contributed by atoms with van der Waals surface area (Å²) in [6, 6.07) is 2.15. The van der Waals surface area contributed by atoms with E-state index in [0.717, 1.165) is 6.07 Å². The van der Waals surface area contributed by atoms with Crippen molar-refractivity contribution >= 4 is 21.6 Å². The van der Waals surface area contributed by atoms with Crippen molar-refractivity contribution in [3.63, 3.8) is 0 Å². The minimum Gasteiger partial charge on any atom is -0.400 e. The van der Waals surface area contributed by atoms with E-state index in [1.807, 2.05) is 0 Å². The molecule has 0 aromatic heterocycles. The van der Waals surface area contributed by atoms with Crippen molar-refractivity contribution in [2.45, 2.75) is 11.7 Å². The number of ether oxygens (including phenoxy) is 1. The number of benzene rings is 1. The fourth-order valence-electron chi connectivity index (χ4n) is 0.950. The van der Waals surface area contributed by atoms with Crippen LogP contribution in [0.15, 0.2) is 12.1 Å². The summed E-state index contributed by atoms with van der Waals surface area (Å²) < 4.78 is 52.1. The highest BCUT2D eigenvalue weighted by molar-refractivity contribution is 9.08. The first-order chi connectivity index (χ1) is 6.85. The highest BCUT2D eigenvalue weighted by Crippen LogP contribution is 2.34. The lowest BCUT2D eigenvalue weighted by Gasteiger charge is -2.13. The minimum atomic E-state index is -4.96. The van der Waals surface area contributed by atoms with Crippen LogP contribution in [-0.2, 0) is 5.33 Å². The summed E-state index contributed by atoms with van der Waals surface area (Å²) >= 11 is 3.01. The van der Waals surface area contributed by atoms with Gasteiger partial charge in [0.25, 0.3) is 0 Å². The molecule has 0 spiro atoms. The van der Waals surface area contributed by atoms with Gasteiger partial charge in [-0.05, 0) is 11.6 Å². The Hall–Kier alpha value is -0.980. The smallest absolute Gasteiger partial charge is 0.400 e. The van der Waals surface area contributed by atoms with Gasteiger partial charge in [0, 0.05) is 5.33 Å². The lowest BCUT2D eigenvalue weighted by atomic mass is 10.2. The van der Waals surface area contributed by atoms with Crippen molar-refractivity contribution < 1.29 is 22.3 Å². The molecule has 0 amide bonds. The number of nitrogen functional groups attached to an aromatic ring is 1. The Morgan fingerprint density at radius 3 is 2.40 bits per heavy atom. The topological polar surface area (TPSA) is 35.2 Å². The maximum absolute atomic E-state index is 13.0. The van der Waals surface area contributed by atoms with Crippen LogP contribution in [-0.4, -0.2) is 6.36 Å². The Bertz CT molecular complexity index is 366. The summed E-state index contributed by atoms with van der Waals surface area (Å²) in [5, 5.41) is 0.216. The number of nitrogens with two attached hydrogens (primary N) is 1. The van der Waals surface area contributed by atoms with Gasteiger partial charge >= 0.3 is 6.36 Å². The third kappa shape index (κ3) is 2.98. The van der Waals surface area contributed by atoms with Gasteiger partial charge in [0.1, 0.15) is 0 Å². The van der Waals surface area contributed by atoms with Crippen molar-refractivity contribution in [2.75, 3.05) is 5.73 Å². The Labute approximate surface area is 91.1 Å². The number of anilines is 1. The number of hydrogen-bond donors (Lipinski definition) is 1. The summed E-state index contributed by atoms with van der Waals surface area (Å²) in [4.78, 5) is 0. The lowest BCUT2D eigenvalue weighted by molar-refractivity contribution is -0.275. The summed E-state index contributed by atoms with van der Waals surface area (Å²) in [7, 11) is 0. The Morgan fingerprint density at radius 1 is 1.33 bits per heavy atom. The molecule has 1 rings (SSSR count). The van der Waals surface area contributed by atoms with Gasteiger partial charge in [0.2, 0.25) is 0 Å². The van der Waals surface area contributed by atoms with Crippen LogP contribution < -0.4 is 10.5 Å². The molecule has 1 aromatic carbocycles. The summed E-state index contributed by atoms with van der Waals surface area (Å²) in [5.41, 5.74) is 5.28. The maximum atomic E-state index is 13.0. The fraction of sp³-hybridized carbons (Fsp3) is 0.250. The zero-order valence-electron chi connectivity index (χ0n) is 7.24. The van der Waals surface area contributed by atoms with Crippen LogP contribution in [0.3, 0.4) is 0 Å². The molecule has 0 bridgehead atoms. The van der Waals surface area contributed by atoms with Crippen LogP contribution in [0.2, 0.25) is 0 Å². The minimum absolute atomic E-state index is 0.216. The third-order valence-electron chi connectivity index (χ3n) is 1.60. The standard InChI is InChI=1S/C8H6BrF4NO/c9-3-4-1-2-5(10)7(6(4)14)15-8(11,12)13/h1-2H,3,14H2. The molecule has 0 radical (unpaired) electrons. The molecule has 0 aliphatic carbocycles. The highest BCUT2D eigenvalue weighted by atomic mass is 79.9. The number of halogens is 5. The zero-order chi connectivity index (χ0) is 11.6. The van der Waals surface area contributed by atoms with Gasteiger partial charge in [-0.3, -0.25) is 0 Å². The maximum Gasteiger partial charge on any atom is 0.573 e. The molecule has 0 fully saturated rings. The molecule has 0 heterocycles. The van der Waals surface area contributed by atoms with Crippen molar-refractivity contribution in [3.05, 3.63) is 23.5 Å². The Kier molecular flexibility index (Phi) is 3.43. The quantitative estimate of drug-likeness (QED) is 0.515. The average molecular weight is 288 g/mol. The van der Waals surface area contributed by atoms with Gasteiger partial charge < -0.3 is 10.5 Å². The molecular formula is C8H6BrF4NO. The van der Waals surface area contributed by atoms with E-state index in [4.69, 9.17) is 5.73 Å². The number of rotatable bonds is 2. The molecule has 15 heavy (non-hydrogen) atoms. The van der Waals surface area contributed by atoms with E-state index in [9.17, 15) is 17.6 Å². The molecule has 0 aliphatic rings. The normalized spacial score (nSPS) is 11.5. The van der Waals surface area contributed by atoms with Crippen molar-refractivity contribution in [1.29, 1.82) is 0 Å². The van der Waals surface area contributed by atoms with Crippen LogP contribution in [0.5, 0.6) is 5.75 Å². The molecule has 2 N–H and O–H groups in total. The van der Waals surface area contributed by atoms with Crippen LogP contribution >= 0.6 is 15.9 Å². The second-order valence-electron chi connectivity index (χ2n) is 2.63. The lowest BCUT2D eigenvalue weighted by Crippen LogP contribution is -2.19. The Morgan fingerprint density at radius 2 is 1.93 bits per heavy atom. The van der Waals surface area contributed by atoms with Crippen molar-refractivity contribution in [1.82, 2.24) is 0 Å². The Balaban J connectivity index is 3.15. The predicted octanol–water partition coefficient (Wildman–Crippen LogP) is 3.20. The molecule has 2 nitrogen and oxygen atoms in total. The van der Waals surface area contributed by atoms with E-state index >= 15 is 0 Å². The van der Waals surface area contributed by atoms with E-state index in [-0.39, 0.29) is 11.0 Å². The number of hydrogen-bond acceptors (Lipinski definition) is 2. The van der Waals surface area contributed by atoms with E-state index < -0.39 is 17.9 Å². The van der Waals surface area contributed by atoms with Crippen LogP contribution in [0.1, 0.15) is 5.56 Å². The molecule has 0 unspecified atom stereocenters. The van der Waals surface area contributed by atoms with Crippen molar-refractivity contribution in [2.24, 2.45) is 0 Å². The van der Waals surface area contributed by atoms with E-state index in [2.05, 4.69) is 20.7 Å². The second-order valence-corrected chi connectivity index (χ2v) is 3.19. The van der Waals surface area contributed by atoms with Gasteiger partial charge in [-0.15, -0.1) is 13.2 Å². The number of alkyl halides is 4. The van der Waals surface area contributed by atoms with E-state index in [1.165, 1.54) is 6.07 Å². The highest BCUT2D eigenvalue weighted by Gasteiger charge is 2.33. The van der Waals surface area contributed by atoms with E-state index in [0.29, 0.717) is 5.56 Å². The molecule has 0 saturated carbocycles. The summed E-state index contributed by atoms with van der Waals surface area (Å²) in [5.74, 6) is -2.13. The second kappa shape index (κ2) is 4.26. The van der Waals surface area contributed by atoms with Crippen molar-refractivity contribution in [3.8, 4) is 5.75 Å². The fourth-order valence-corrected chi connectivity index (χ4v) is 1.44. The first-order valence-electron chi connectivity index (χ1n) is 3.73. The molecule has 1 aromatic rings. The van der Waals surface area contributed by atoms with E-state index in [1.54, 1.807) is 0 Å². The molecule has 0 aliphatic heterocycles. The van der Waals surface area contributed by atoms with Crippen LogP contribution in [0, 0.1) is 5.82 Å². The average Bonchev–Trinajstić information content (AvgIpc) is 2.11. The van der Waals surface area contributed by atoms with Gasteiger partial charge in [0.15, 0.2) is 11.6 Å². The molecule has 84 valence electrons.